The fourth-order valence-corrected chi connectivity index (χ4v) is 9.50. The molecule has 0 radical (unpaired) electrons. The highest BCUT2D eigenvalue weighted by molar-refractivity contribution is 6.99. The van der Waals surface area contributed by atoms with Gasteiger partial charge in [0.1, 0.15) is 12.2 Å². The molecule has 1 heterocycles. The summed E-state index contributed by atoms with van der Waals surface area (Å²) >= 11 is 0. The Morgan fingerprint density at radius 2 is 1.57 bits per heavy atom. The molecular formula is C30H38O4Si. The molecular weight excluding hydrogens is 452 g/mol. The van der Waals surface area contributed by atoms with Gasteiger partial charge in [-0.05, 0) is 39.9 Å². The van der Waals surface area contributed by atoms with Crippen molar-refractivity contribution in [1.82, 2.24) is 0 Å². The van der Waals surface area contributed by atoms with Crippen molar-refractivity contribution < 1.29 is 18.7 Å². The lowest BCUT2D eigenvalue weighted by Gasteiger charge is -2.44. The zero-order valence-electron chi connectivity index (χ0n) is 21.4. The van der Waals surface area contributed by atoms with E-state index >= 15 is 0 Å². The van der Waals surface area contributed by atoms with E-state index in [4.69, 9.17) is 13.9 Å². The third-order valence-electron chi connectivity index (χ3n) is 6.44. The van der Waals surface area contributed by atoms with Crippen molar-refractivity contribution in [2.75, 3.05) is 6.61 Å². The first-order valence-corrected chi connectivity index (χ1v) is 14.1. The molecule has 0 spiro atoms. The summed E-state index contributed by atoms with van der Waals surface area (Å²) in [6.07, 6.45) is 5.94. The molecule has 0 saturated heterocycles. The molecule has 1 aliphatic heterocycles. The molecule has 0 aromatic heterocycles. The third-order valence-corrected chi connectivity index (χ3v) is 11.4. The lowest BCUT2D eigenvalue weighted by molar-refractivity contribution is -0.157. The second kappa shape index (κ2) is 11.8. The highest BCUT2D eigenvalue weighted by Gasteiger charge is 2.51. The van der Waals surface area contributed by atoms with Gasteiger partial charge in [0.25, 0.3) is 8.32 Å². The average Bonchev–Trinajstić information content (AvgIpc) is 2.82. The van der Waals surface area contributed by atoms with Crippen LogP contribution in [0.5, 0.6) is 0 Å². The van der Waals surface area contributed by atoms with Crippen molar-refractivity contribution in [3.8, 4) is 0 Å². The van der Waals surface area contributed by atoms with Crippen molar-refractivity contribution in [2.24, 2.45) is 0 Å². The first-order chi connectivity index (χ1) is 16.7. The van der Waals surface area contributed by atoms with Crippen LogP contribution in [0.1, 0.15) is 40.5 Å². The molecule has 0 saturated carbocycles. The van der Waals surface area contributed by atoms with E-state index in [-0.39, 0.29) is 17.1 Å². The van der Waals surface area contributed by atoms with Gasteiger partial charge in [-0.15, -0.1) is 13.2 Å². The van der Waals surface area contributed by atoms with E-state index in [0.29, 0.717) is 19.4 Å². The lowest BCUT2D eigenvalue weighted by atomic mass is 9.96. The second-order valence-corrected chi connectivity index (χ2v) is 14.3. The highest BCUT2D eigenvalue weighted by atomic mass is 28.4. The van der Waals surface area contributed by atoms with Crippen LogP contribution in [-0.2, 0) is 18.7 Å². The van der Waals surface area contributed by atoms with E-state index in [2.05, 4.69) is 82.5 Å². The van der Waals surface area contributed by atoms with Gasteiger partial charge in [-0.1, -0.05) is 93.6 Å². The van der Waals surface area contributed by atoms with Gasteiger partial charge in [0.15, 0.2) is 0 Å². The van der Waals surface area contributed by atoms with Crippen LogP contribution in [-0.4, -0.2) is 39.2 Å². The Balaban J connectivity index is 2.04. The summed E-state index contributed by atoms with van der Waals surface area (Å²) in [6, 6.07) is 21.0. The van der Waals surface area contributed by atoms with Gasteiger partial charge in [-0.2, -0.15) is 0 Å². The summed E-state index contributed by atoms with van der Waals surface area (Å²) in [5.74, 6) is -0.342. The van der Waals surface area contributed by atoms with Crippen molar-refractivity contribution in [2.45, 2.75) is 63.9 Å². The second-order valence-electron chi connectivity index (χ2n) is 9.97. The first-order valence-electron chi connectivity index (χ1n) is 12.2. The number of rotatable bonds is 10. The van der Waals surface area contributed by atoms with Crippen LogP contribution in [0.25, 0.3) is 0 Å². The third kappa shape index (κ3) is 6.10. The maximum Gasteiger partial charge on any atom is 0.303 e. The van der Waals surface area contributed by atoms with Crippen LogP contribution in [0.3, 0.4) is 0 Å². The van der Waals surface area contributed by atoms with Crippen molar-refractivity contribution in [3.63, 3.8) is 0 Å². The SMILES string of the molecule is C=CCC1=C[C@@H](OC(C)=O)[C@@H](CO[Si](c2ccccc2)(c2ccccc2)C(C)(C)C)O[C@@H]1CC=C. The van der Waals surface area contributed by atoms with Gasteiger partial charge in [-0.25, -0.2) is 0 Å². The first kappa shape index (κ1) is 26.9. The molecule has 1 aliphatic rings. The quantitative estimate of drug-likeness (QED) is 0.256. The Labute approximate surface area is 211 Å². The van der Waals surface area contributed by atoms with Crippen LogP contribution < -0.4 is 10.4 Å². The standard InChI is InChI=1S/C30H38O4Si/c1-7-15-24-21-28(33-23(3)31)29(34-27(24)16-8-2)22-32-35(30(4,5)6,25-17-11-9-12-18-25)26-19-13-10-14-20-26/h7-14,17-21,27-29H,1-2,15-16,22H2,3-6H3/t27-,28-,29-/m1/s1. The van der Waals surface area contributed by atoms with Gasteiger partial charge in [0.05, 0.1) is 12.7 Å². The number of benzene rings is 2. The Morgan fingerprint density at radius 1 is 1.00 bits per heavy atom. The Bertz CT molecular complexity index is 984. The Kier molecular flexibility index (Phi) is 9.06. The Hall–Kier alpha value is -2.73. The highest BCUT2D eigenvalue weighted by Crippen LogP contribution is 2.37. The number of carbonyl (C=O) groups excluding carboxylic acids is 1. The zero-order valence-corrected chi connectivity index (χ0v) is 22.4. The van der Waals surface area contributed by atoms with E-state index in [9.17, 15) is 4.79 Å². The molecule has 0 bridgehead atoms. The zero-order chi connectivity index (χ0) is 25.5. The number of esters is 1. The lowest BCUT2D eigenvalue weighted by Crippen LogP contribution is -2.67. The van der Waals surface area contributed by atoms with Crippen LogP contribution in [0.4, 0.5) is 0 Å². The minimum Gasteiger partial charge on any atom is -0.455 e. The molecule has 3 atom stereocenters. The maximum atomic E-state index is 12.0. The molecule has 0 unspecified atom stereocenters. The molecule has 5 heteroatoms. The number of ether oxygens (including phenoxy) is 2. The van der Waals surface area contributed by atoms with Crippen LogP contribution in [0, 0.1) is 0 Å². The van der Waals surface area contributed by atoms with Crippen molar-refractivity contribution in [3.05, 3.63) is 97.6 Å². The molecule has 2 aromatic rings. The number of hydrogen-bond donors (Lipinski definition) is 0. The van der Waals surface area contributed by atoms with Gasteiger partial charge in [0, 0.05) is 6.92 Å². The topological polar surface area (TPSA) is 44.8 Å². The Morgan fingerprint density at radius 3 is 2.03 bits per heavy atom. The van der Waals surface area contributed by atoms with Gasteiger partial charge >= 0.3 is 5.97 Å². The fraction of sp³-hybridized carbons (Fsp3) is 0.367. The molecule has 0 fully saturated rings. The van der Waals surface area contributed by atoms with E-state index < -0.39 is 20.5 Å². The van der Waals surface area contributed by atoms with Crippen molar-refractivity contribution in [1.29, 1.82) is 0 Å². The van der Waals surface area contributed by atoms with E-state index in [0.717, 1.165) is 5.57 Å². The number of carbonyl (C=O) groups is 1. The van der Waals surface area contributed by atoms with E-state index in [1.54, 1.807) is 0 Å². The minimum atomic E-state index is -2.75. The minimum absolute atomic E-state index is 0.148. The maximum absolute atomic E-state index is 12.0. The monoisotopic (exact) mass is 490 g/mol. The fourth-order valence-electron chi connectivity index (χ4n) is 4.93. The molecule has 0 aliphatic carbocycles. The number of allylic oxidation sites excluding steroid dienone is 1. The summed E-state index contributed by atoms with van der Waals surface area (Å²) in [5.41, 5.74) is 1.05. The van der Waals surface area contributed by atoms with Gasteiger partial charge in [0.2, 0.25) is 0 Å². The molecule has 3 rings (SSSR count). The van der Waals surface area contributed by atoms with Crippen LogP contribution in [0.2, 0.25) is 5.04 Å². The summed E-state index contributed by atoms with van der Waals surface area (Å²) in [7, 11) is -2.75. The predicted molar refractivity (Wildman–Crippen MR) is 145 cm³/mol. The predicted octanol–water partition coefficient (Wildman–Crippen LogP) is 5.34. The molecule has 4 nitrogen and oxygen atoms in total. The van der Waals surface area contributed by atoms with E-state index in [1.807, 2.05) is 30.4 Å². The van der Waals surface area contributed by atoms with Gasteiger partial charge < -0.3 is 13.9 Å². The van der Waals surface area contributed by atoms with Crippen LogP contribution >= 0.6 is 0 Å². The summed E-state index contributed by atoms with van der Waals surface area (Å²) in [5, 5.41) is 2.24. The number of hydrogen-bond acceptors (Lipinski definition) is 4. The normalized spacial score (nSPS) is 20.6. The molecule has 0 amide bonds. The summed E-state index contributed by atoms with van der Waals surface area (Å²) < 4.78 is 19.3. The van der Waals surface area contributed by atoms with Crippen LogP contribution in [0.15, 0.2) is 97.6 Å². The average molecular weight is 491 g/mol. The molecule has 0 N–H and O–H groups in total. The smallest absolute Gasteiger partial charge is 0.303 e. The summed E-state index contributed by atoms with van der Waals surface area (Å²) in [4.78, 5) is 12.0. The molecule has 186 valence electrons. The van der Waals surface area contributed by atoms with Crippen molar-refractivity contribution >= 4 is 24.7 Å². The summed E-state index contributed by atoms with van der Waals surface area (Å²) in [6.45, 7) is 16.2. The van der Waals surface area contributed by atoms with Gasteiger partial charge in [-0.3, -0.25) is 4.79 Å². The van der Waals surface area contributed by atoms with E-state index in [1.165, 1.54) is 17.3 Å². The molecule has 35 heavy (non-hydrogen) atoms. The molecule has 2 aromatic carbocycles. The largest absolute Gasteiger partial charge is 0.455 e.